The van der Waals surface area contributed by atoms with Gasteiger partial charge in [-0.1, -0.05) is 11.2 Å². The van der Waals surface area contributed by atoms with Crippen molar-refractivity contribution < 1.29 is 18.4 Å². The number of nitrogens with one attached hydrogen (secondary N) is 2. The van der Waals surface area contributed by atoms with E-state index < -0.39 is 10.2 Å². The van der Waals surface area contributed by atoms with E-state index in [2.05, 4.69) is 14.6 Å². The van der Waals surface area contributed by atoms with Gasteiger partial charge in [-0.3, -0.25) is 4.72 Å². The quantitative estimate of drug-likeness (QED) is 0.253. The molecule has 1 aromatic rings. The van der Waals surface area contributed by atoms with Crippen LogP contribution in [-0.4, -0.2) is 33.6 Å². The Labute approximate surface area is 105 Å². The Kier molecular flexibility index (Phi) is 4.34. The number of anilines is 1. The number of para-hydroxylation sites is 1. The summed E-state index contributed by atoms with van der Waals surface area (Å²) in [5.41, 5.74) is 5.76. The first kappa shape index (κ1) is 14.1. The van der Waals surface area contributed by atoms with E-state index in [4.69, 9.17) is 15.7 Å². The summed E-state index contributed by atoms with van der Waals surface area (Å²) in [7, 11) is -1.11. The Hall–Kier alpha value is -2.00. The van der Waals surface area contributed by atoms with Gasteiger partial charge in [0.1, 0.15) is 11.4 Å². The Morgan fingerprint density at radius 1 is 1.50 bits per heavy atom. The number of nitrogens with zero attached hydrogens (tertiary/aromatic N) is 1. The molecule has 100 valence electrons. The molecule has 0 spiro atoms. The van der Waals surface area contributed by atoms with Crippen molar-refractivity contribution in [3.05, 3.63) is 23.8 Å². The van der Waals surface area contributed by atoms with Gasteiger partial charge in [-0.05, 0) is 12.1 Å². The molecule has 18 heavy (non-hydrogen) atoms. The Morgan fingerprint density at radius 2 is 2.17 bits per heavy atom. The van der Waals surface area contributed by atoms with Crippen molar-refractivity contribution in [2.45, 2.75) is 0 Å². The predicted molar refractivity (Wildman–Crippen MR) is 67.1 cm³/mol. The lowest BCUT2D eigenvalue weighted by atomic mass is 10.1. The number of ether oxygens (including phenoxy) is 1. The smallest absolute Gasteiger partial charge is 0.298 e. The van der Waals surface area contributed by atoms with Crippen LogP contribution >= 0.6 is 0 Å². The van der Waals surface area contributed by atoms with Crippen LogP contribution in [-0.2, 0) is 10.2 Å². The summed E-state index contributed by atoms with van der Waals surface area (Å²) >= 11 is 0. The first-order chi connectivity index (χ1) is 8.45. The first-order valence-electron chi connectivity index (χ1n) is 4.81. The van der Waals surface area contributed by atoms with E-state index in [9.17, 15) is 8.42 Å². The number of hydrogen-bond acceptors (Lipinski definition) is 5. The molecule has 0 fully saturated rings. The van der Waals surface area contributed by atoms with Crippen molar-refractivity contribution in [1.82, 2.24) is 4.72 Å². The van der Waals surface area contributed by atoms with Crippen LogP contribution in [0.1, 0.15) is 5.56 Å². The van der Waals surface area contributed by atoms with Crippen molar-refractivity contribution >= 4 is 21.7 Å². The number of benzene rings is 1. The summed E-state index contributed by atoms with van der Waals surface area (Å²) in [6, 6.07) is 4.62. The van der Waals surface area contributed by atoms with Gasteiger partial charge in [0.05, 0.1) is 7.11 Å². The highest BCUT2D eigenvalue weighted by Crippen LogP contribution is 2.28. The van der Waals surface area contributed by atoms with E-state index in [1.54, 1.807) is 12.1 Å². The maximum Gasteiger partial charge on any atom is 0.298 e. The number of hydrogen-bond donors (Lipinski definition) is 4. The number of nitrogens with two attached hydrogens (primary N) is 1. The largest absolute Gasteiger partial charge is 0.495 e. The van der Waals surface area contributed by atoms with Gasteiger partial charge in [0, 0.05) is 12.6 Å². The van der Waals surface area contributed by atoms with Crippen LogP contribution in [0.4, 0.5) is 5.69 Å². The van der Waals surface area contributed by atoms with E-state index >= 15 is 0 Å². The van der Waals surface area contributed by atoms with Gasteiger partial charge < -0.3 is 15.7 Å². The molecular formula is C9H14N4O4S. The summed E-state index contributed by atoms with van der Waals surface area (Å²) < 4.78 is 32.3. The second kappa shape index (κ2) is 5.56. The Bertz CT molecular complexity index is 556. The molecule has 0 bridgehead atoms. The van der Waals surface area contributed by atoms with Crippen LogP contribution in [0.2, 0.25) is 0 Å². The minimum absolute atomic E-state index is 0.0876. The average Bonchev–Trinajstić information content (AvgIpc) is 2.37. The predicted octanol–water partition coefficient (Wildman–Crippen LogP) is -0.334. The van der Waals surface area contributed by atoms with Crippen molar-refractivity contribution in [1.29, 1.82) is 0 Å². The fraction of sp³-hybridized carbons (Fsp3) is 0.222. The number of methoxy groups -OCH3 is 1. The van der Waals surface area contributed by atoms with Gasteiger partial charge in [-0.2, -0.15) is 8.42 Å². The molecule has 0 aliphatic carbocycles. The highest BCUT2D eigenvalue weighted by Gasteiger charge is 2.17. The van der Waals surface area contributed by atoms with Gasteiger partial charge in [0.15, 0.2) is 5.84 Å². The minimum Gasteiger partial charge on any atom is -0.495 e. The van der Waals surface area contributed by atoms with Crippen molar-refractivity contribution in [3.63, 3.8) is 0 Å². The lowest BCUT2D eigenvalue weighted by Crippen LogP contribution is -2.28. The molecule has 0 aromatic heterocycles. The SMILES string of the molecule is CNS(=O)(=O)Nc1c(OC)cccc1/C(N)=N/O. The van der Waals surface area contributed by atoms with Crippen molar-refractivity contribution in [2.24, 2.45) is 10.9 Å². The number of amidine groups is 1. The van der Waals surface area contributed by atoms with E-state index in [-0.39, 0.29) is 22.8 Å². The second-order valence-electron chi connectivity index (χ2n) is 3.18. The van der Waals surface area contributed by atoms with Crippen molar-refractivity contribution in [3.8, 4) is 5.75 Å². The zero-order valence-electron chi connectivity index (χ0n) is 9.84. The molecule has 0 amide bonds. The fourth-order valence-electron chi connectivity index (χ4n) is 1.26. The molecule has 9 heteroatoms. The average molecular weight is 274 g/mol. The molecular weight excluding hydrogens is 260 g/mol. The monoisotopic (exact) mass is 274 g/mol. The lowest BCUT2D eigenvalue weighted by Gasteiger charge is -2.14. The fourth-order valence-corrected chi connectivity index (χ4v) is 1.84. The zero-order chi connectivity index (χ0) is 13.8. The summed E-state index contributed by atoms with van der Waals surface area (Å²) in [5, 5.41) is 11.5. The van der Waals surface area contributed by atoms with Crippen LogP contribution < -0.4 is 19.9 Å². The van der Waals surface area contributed by atoms with Crippen molar-refractivity contribution in [2.75, 3.05) is 18.9 Å². The second-order valence-corrected chi connectivity index (χ2v) is 4.80. The van der Waals surface area contributed by atoms with Crippen LogP contribution in [0.25, 0.3) is 0 Å². The molecule has 0 aliphatic rings. The van der Waals surface area contributed by atoms with Gasteiger partial charge in [0.2, 0.25) is 0 Å². The maximum absolute atomic E-state index is 11.5. The van der Waals surface area contributed by atoms with Crippen LogP contribution in [0.5, 0.6) is 5.75 Å². The molecule has 0 saturated heterocycles. The Morgan fingerprint density at radius 3 is 2.67 bits per heavy atom. The third-order valence-electron chi connectivity index (χ3n) is 2.13. The molecule has 1 rings (SSSR count). The number of oxime groups is 1. The molecule has 0 unspecified atom stereocenters. The molecule has 0 atom stereocenters. The minimum atomic E-state index is -3.74. The van der Waals surface area contributed by atoms with Crippen LogP contribution in [0, 0.1) is 0 Å². The van der Waals surface area contributed by atoms with E-state index in [0.717, 1.165) is 0 Å². The normalized spacial score (nSPS) is 12.2. The summed E-state index contributed by atoms with van der Waals surface area (Å²) in [4.78, 5) is 0. The van der Waals surface area contributed by atoms with Gasteiger partial charge in [-0.15, -0.1) is 0 Å². The molecule has 0 saturated carbocycles. The molecule has 0 radical (unpaired) electrons. The Balaban J connectivity index is 3.38. The summed E-state index contributed by atoms with van der Waals surface area (Å²) in [6.07, 6.45) is 0. The zero-order valence-corrected chi connectivity index (χ0v) is 10.7. The maximum atomic E-state index is 11.5. The standard InChI is InChI=1S/C9H14N4O4S/c1-11-18(15,16)13-8-6(9(10)12-14)4-3-5-7(8)17-2/h3-5,11,13-14H,1-2H3,(H2,10,12). The van der Waals surface area contributed by atoms with Crippen LogP contribution in [0.15, 0.2) is 23.4 Å². The van der Waals surface area contributed by atoms with E-state index in [0.29, 0.717) is 0 Å². The van der Waals surface area contributed by atoms with Crippen LogP contribution in [0.3, 0.4) is 0 Å². The first-order valence-corrected chi connectivity index (χ1v) is 6.29. The highest BCUT2D eigenvalue weighted by molar-refractivity contribution is 7.90. The summed E-state index contributed by atoms with van der Waals surface area (Å²) in [6.45, 7) is 0. The topological polar surface area (TPSA) is 126 Å². The third kappa shape index (κ3) is 3.02. The lowest BCUT2D eigenvalue weighted by molar-refractivity contribution is 0.318. The number of rotatable bonds is 5. The molecule has 0 aliphatic heterocycles. The molecule has 1 aromatic carbocycles. The van der Waals surface area contributed by atoms with Gasteiger partial charge in [-0.25, -0.2) is 4.72 Å². The molecule has 0 heterocycles. The highest BCUT2D eigenvalue weighted by atomic mass is 32.2. The molecule has 5 N–H and O–H groups in total. The van der Waals surface area contributed by atoms with E-state index in [1.807, 2.05) is 0 Å². The van der Waals surface area contributed by atoms with Gasteiger partial charge in [0.25, 0.3) is 10.2 Å². The third-order valence-corrected chi connectivity index (χ3v) is 3.15. The van der Waals surface area contributed by atoms with Gasteiger partial charge >= 0.3 is 0 Å². The summed E-state index contributed by atoms with van der Waals surface area (Å²) in [5.74, 6) is 0.0145. The van der Waals surface area contributed by atoms with E-state index in [1.165, 1.54) is 20.2 Å². The molecule has 8 nitrogen and oxygen atoms in total.